The highest BCUT2D eigenvalue weighted by molar-refractivity contribution is 5.99. The number of rotatable bonds is 7. The number of amides is 1. The van der Waals surface area contributed by atoms with Crippen LogP contribution in [0.4, 0.5) is 23.0 Å². The Hall–Kier alpha value is -4.97. The van der Waals surface area contributed by atoms with E-state index >= 15 is 0 Å². The number of anilines is 4. The van der Waals surface area contributed by atoms with Crippen LogP contribution in [0, 0.1) is 0 Å². The summed E-state index contributed by atoms with van der Waals surface area (Å²) in [6.45, 7) is 10.4. The summed E-state index contributed by atoms with van der Waals surface area (Å²) >= 11 is 0. The second-order valence-corrected chi connectivity index (χ2v) is 8.77. The molecule has 12 nitrogen and oxygen atoms in total. The number of hydrogen-bond acceptors (Lipinski definition) is 9. The van der Waals surface area contributed by atoms with E-state index in [1.165, 1.54) is 17.8 Å². The number of methoxy groups -OCH3 is 1. The second-order valence-electron chi connectivity index (χ2n) is 8.77. The molecule has 0 bridgehead atoms. The van der Waals surface area contributed by atoms with E-state index in [0.29, 0.717) is 36.0 Å². The van der Waals surface area contributed by atoms with Crippen molar-refractivity contribution in [3.63, 3.8) is 0 Å². The predicted molar refractivity (Wildman–Crippen MR) is 160 cm³/mol. The molecule has 1 saturated heterocycles. The summed E-state index contributed by atoms with van der Waals surface area (Å²) in [5.41, 5.74) is 1.44. The van der Waals surface area contributed by atoms with Gasteiger partial charge in [0.05, 0.1) is 31.7 Å². The lowest BCUT2D eigenvalue weighted by Gasteiger charge is -2.29. The first kappa shape index (κ1) is 29.0. The molecule has 0 aliphatic carbocycles. The average molecular weight is 560 g/mol. The van der Waals surface area contributed by atoms with Gasteiger partial charge in [0.1, 0.15) is 11.1 Å². The number of ether oxygens (including phenoxy) is 2. The Bertz CT molecular complexity index is 1690. The Balaban J connectivity index is 0.00000189. The molecule has 4 aromatic rings. The van der Waals surface area contributed by atoms with Gasteiger partial charge in [0.25, 0.3) is 5.56 Å². The fourth-order valence-electron chi connectivity index (χ4n) is 4.33. The smallest absolute Gasteiger partial charge is 0.337 e. The first-order chi connectivity index (χ1) is 19.9. The van der Waals surface area contributed by atoms with Gasteiger partial charge in [-0.2, -0.15) is 4.98 Å². The lowest BCUT2D eigenvalue weighted by atomic mass is 10.2. The standard InChI is InChI=1S/C27H27N7O5.C2H6/c1-4-23(35)29-17-6-5-7-19(14-17)34-24-20(25(36)32(2)27(34)37)16-28-26(31-24)30-21-9-8-18(15-22(21)38-3)33-10-12-39-13-11-33;1-2/h4-9,14-16H,1,10-13H2,2-3H3,(H,29,35)(H,28,30,31);1-2H3. The van der Waals surface area contributed by atoms with Crippen LogP contribution in [-0.4, -0.2) is 58.4 Å². The quantitative estimate of drug-likeness (QED) is 0.328. The van der Waals surface area contributed by atoms with Crippen LogP contribution in [0.5, 0.6) is 5.75 Å². The van der Waals surface area contributed by atoms with Crippen molar-refractivity contribution in [3.05, 3.63) is 82.2 Å². The summed E-state index contributed by atoms with van der Waals surface area (Å²) in [5.74, 6) is 0.347. The summed E-state index contributed by atoms with van der Waals surface area (Å²) in [6, 6.07) is 12.4. The Morgan fingerprint density at radius 2 is 1.85 bits per heavy atom. The summed E-state index contributed by atoms with van der Waals surface area (Å²) in [7, 11) is 2.96. The zero-order chi connectivity index (χ0) is 29.5. The van der Waals surface area contributed by atoms with E-state index in [0.717, 1.165) is 29.4 Å². The van der Waals surface area contributed by atoms with Crippen LogP contribution < -0.4 is 31.5 Å². The molecule has 1 aliphatic heterocycles. The van der Waals surface area contributed by atoms with Gasteiger partial charge in [-0.05, 0) is 36.4 Å². The number of morpholine rings is 1. The average Bonchev–Trinajstić information content (AvgIpc) is 3.01. The van der Waals surface area contributed by atoms with Crippen LogP contribution in [0.3, 0.4) is 0 Å². The molecule has 5 rings (SSSR count). The SMILES string of the molecule is C=CC(=O)Nc1cccc(-n2c(=O)n(C)c(=O)c3cnc(Nc4ccc(N5CCOCC5)cc4OC)nc32)c1.CC. The number of carbonyl (C=O) groups is 1. The van der Waals surface area contributed by atoms with Gasteiger partial charge >= 0.3 is 5.69 Å². The number of aromatic nitrogens is 4. The van der Waals surface area contributed by atoms with E-state index < -0.39 is 17.2 Å². The van der Waals surface area contributed by atoms with Crippen molar-refractivity contribution in [2.45, 2.75) is 13.8 Å². The van der Waals surface area contributed by atoms with Crippen LogP contribution in [0.2, 0.25) is 0 Å². The van der Waals surface area contributed by atoms with Gasteiger partial charge in [0.15, 0.2) is 5.65 Å². The van der Waals surface area contributed by atoms with E-state index in [4.69, 9.17) is 9.47 Å². The molecule has 0 saturated carbocycles. The minimum atomic E-state index is -0.600. The molecular weight excluding hydrogens is 526 g/mol. The number of hydrogen-bond donors (Lipinski definition) is 2. The Morgan fingerprint density at radius 1 is 1.10 bits per heavy atom. The molecule has 1 amide bonds. The van der Waals surface area contributed by atoms with Gasteiger partial charge < -0.3 is 25.0 Å². The largest absolute Gasteiger partial charge is 0.494 e. The van der Waals surface area contributed by atoms with Crippen molar-refractivity contribution in [1.82, 2.24) is 19.1 Å². The number of carbonyl (C=O) groups excluding carboxylic acids is 1. The summed E-state index contributed by atoms with van der Waals surface area (Å²) in [5, 5.41) is 5.96. The Labute approximate surface area is 236 Å². The van der Waals surface area contributed by atoms with E-state index in [1.807, 2.05) is 32.0 Å². The van der Waals surface area contributed by atoms with Crippen molar-refractivity contribution in [3.8, 4) is 11.4 Å². The molecule has 0 atom stereocenters. The second kappa shape index (κ2) is 12.9. The van der Waals surface area contributed by atoms with E-state index in [9.17, 15) is 14.4 Å². The number of nitrogens with one attached hydrogen (secondary N) is 2. The topological polar surface area (TPSA) is 133 Å². The lowest BCUT2D eigenvalue weighted by molar-refractivity contribution is -0.111. The number of benzene rings is 2. The van der Waals surface area contributed by atoms with Gasteiger partial charge in [0.2, 0.25) is 11.9 Å². The molecule has 41 heavy (non-hydrogen) atoms. The van der Waals surface area contributed by atoms with Crippen molar-refractivity contribution in [1.29, 1.82) is 0 Å². The molecule has 0 unspecified atom stereocenters. The predicted octanol–water partition coefficient (Wildman–Crippen LogP) is 3.22. The highest BCUT2D eigenvalue weighted by Gasteiger charge is 2.18. The third-order valence-corrected chi connectivity index (χ3v) is 6.36. The highest BCUT2D eigenvalue weighted by Crippen LogP contribution is 2.32. The third-order valence-electron chi connectivity index (χ3n) is 6.36. The molecule has 1 aliphatic rings. The van der Waals surface area contributed by atoms with Crippen LogP contribution in [0.25, 0.3) is 16.7 Å². The molecular formula is C29H33N7O5. The van der Waals surface area contributed by atoms with Gasteiger partial charge in [-0.3, -0.25) is 14.2 Å². The maximum absolute atomic E-state index is 13.3. The molecule has 214 valence electrons. The maximum atomic E-state index is 13.3. The van der Waals surface area contributed by atoms with Gasteiger partial charge in [0, 0.05) is 43.8 Å². The van der Waals surface area contributed by atoms with Crippen LogP contribution in [-0.2, 0) is 16.6 Å². The first-order valence-corrected chi connectivity index (χ1v) is 13.2. The first-order valence-electron chi connectivity index (χ1n) is 13.2. The number of nitrogens with zero attached hydrogens (tertiary/aromatic N) is 5. The zero-order valence-electron chi connectivity index (χ0n) is 23.5. The van der Waals surface area contributed by atoms with Crippen molar-refractivity contribution >= 4 is 40.0 Å². The summed E-state index contributed by atoms with van der Waals surface area (Å²) in [4.78, 5) is 49.0. The van der Waals surface area contributed by atoms with Crippen LogP contribution in [0.15, 0.2) is 70.9 Å². The lowest BCUT2D eigenvalue weighted by Crippen LogP contribution is -2.38. The van der Waals surface area contributed by atoms with Crippen LogP contribution >= 0.6 is 0 Å². The zero-order valence-corrected chi connectivity index (χ0v) is 23.5. The summed E-state index contributed by atoms with van der Waals surface area (Å²) < 4.78 is 13.3. The maximum Gasteiger partial charge on any atom is 0.337 e. The minimum Gasteiger partial charge on any atom is -0.494 e. The van der Waals surface area contributed by atoms with E-state index in [2.05, 4.69) is 32.1 Å². The highest BCUT2D eigenvalue weighted by atomic mass is 16.5. The van der Waals surface area contributed by atoms with Gasteiger partial charge in [-0.15, -0.1) is 0 Å². The van der Waals surface area contributed by atoms with E-state index in [-0.39, 0.29) is 17.0 Å². The summed E-state index contributed by atoms with van der Waals surface area (Å²) in [6.07, 6.45) is 2.52. The van der Waals surface area contributed by atoms with E-state index in [1.54, 1.807) is 31.4 Å². The Morgan fingerprint density at radius 3 is 2.56 bits per heavy atom. The fraction of sp³-hybridized carbons (Fsp3) is 0.276. The minimum absolute atomic E-state index is 0.108. The third kappa shape index (κ3) is 6.12. The molecule has 0 radical (unpaired) electrons. The van der Waals surface area contributed by atoms with Crippen molar-refractivity contribution in [2.75, 3.05) is 48.9 Å². The van der Waals surface area contributed by atoms with Crippen LogP contribution in [0.1, 0.15) is 13.8 Å². The normalized spacial score (nSPS) is 12.7. The van der Waals surface area contributed by atoms with Crippen molar-refractivity contribution in [2.24, 2.45) is 7.05 Å². The van der Waals surface area contributed by atoms with Gasteiger partial charge in [-0.1, -0.05) is 26.5 Å². The molecule has 2 aromatic carbocycles. The molecule has 12 heteroatoms. The van der Waals surface area contributed by atoms with Gasteiger partial charge in [-0.25, -0.2) is 14.3 Å². The molecule has 1 fully saturated rings. The molecule has 0 spiro atoms. The molecule has 3 heterocycles. The number of fused-ring (bicyclic) bond motifs is 1. The molecule has 2 N–H and O–H groups in total. The molecule has 2 aromatic heterocycles. The fourth-order valence-corrected chi connectivity index (χ4v) is 4.33. The van der Waals surface area contributed by atoms with Crippen molar-refractivity contribution < 1.29 is 14.3 Å². The Kier molecular flexibility index (Phi) is 9.15. The monoisotopic (exact) mass is 559 g/mol.